The fourth-order valence-electron chi connectivity index (χ4n) is 3.10. The van der Waals surface area contributed by atoms with Crippen molar-refractivity contribution in [2.24, 2.45) is 5.73 Å². The molecule has 4 nitrogen and oxygen atoms in total. The minimum absolute atomic E-state index is 0.179. The first-order valence-electron chi connectivity index (χ1n) is 7.80. The molecule has 2 aromatic carbocycles. The van der Waals surface area contributed by atoms with Gasteiger partial charge in [-0.25, -0.2) is 0 Å². The van der Waals surface area contributed by atoms with Crippen LogP contribution in [0.4, 0.5) is 0 Å². The van der Waals surface area contributed by atoms with Crippen LogP contribution in [0.5, 0.6) is 0 Å². The van der Waals surface area contributed by atoms with E-state index in [1.165, 1.54) is 4.90 Å². The van der Waals surface area contributed by atoms with Crippen molar-refractivity contribution in [1.29, 1.82) is 0 Å². The predicted octanol–water partition coefficient (Wildman–Crippen LogP) is 2.74. The Morgan fingerprint density at radius 1 is 1.05 bits per heavy atom. The molecule has 1 aliphatic heterocycles. The van der Waals surface area contributed by atoms with Gasteiger partial charge in [-0.2, -0.15) is 0 Å². The molecule has 22 heavy (non-hydrogen) atoms. The van der Waals surface area contributed by atoms with Crippen LogP contribution < -0.4 is 5.73 Å². The van der Waals surface area contributed by atoms with Gasteiger partial charge in [0.15, 0.2) is 0 Å². The van der Waals surface area contributed by atoms with Gasteiger partial charge in [-0.1, -0.05) is 31.5 Å². The van der Waals surface area contributed by atoms with Crippen molar-refractivity contribution < 1.29 is 9.59 Å². The molecule has 0 radical (unpaired) electrons. The fourth-order valence-corrected chi connectivity index (χ4v) is 3.10. The highest BCUT2D eigenvalue weighted by Crippen LogP contribution is 2.32. The highest BCUT2D eigenvalue weighted by atomic mass is 16.2. The number of nitrogens with zero attached hydrogens (tertiary/aromatic N) is 1. The Bertz CT molecular complexity index is 730. The second kappa shape index (κ2) is 5.89. The summed E-state index contributed by atoms with van der Waals surface area (Å²) in [5.41, 5.74) is 8.01. The lowest BCUT2D eigenvalue weighted by molar-refractivity contribution is 0.0608. The SMILES string of the molecule is CCCCN1C(=O)c2cccc3c(CCN)ccc(c23)C1=O. The minimum atomic E-state index is -0.179. The van der Waals surface area contributed by atoms with Crippen molar-refractivity contribution in [3.05, 3.63) is 47.0 Å². The summed E-state index contributed by atoms with van der Waals surface area (Å²) in [6.07, 6.45) is 2.51. The summed E-state index contributed by atoms with van der Waals surface area (Å²) in [5.74, 6) is -0.358. The summed E-state index contributed by atoms with van der Waals surface area (Å²) in [5, 5.41) is 1.76. The van der Waals surface area contributed by atoms with Crippen LogP contribution in [0.3, 0.4) is 0 Å². The first kappa shape index (κ1) is 14.7. The Balaban J connectivity index is 2.19. The summed E-state index contributed by atoms with van der Waals surface area (Å²) in [6.45, 7) is 3.07. The highest BCUT2D eigenvalue weighted by Gasteiger charge is 2.32. The fraction of sp³-hybridized carbons (Fsp3) is 0.333. The van der Waals surface area contributed by atoms with Gasteiger partial charge in [-0.15, -0.1) is 0 Å². The Kier molecular flexibility index (Phi) is 3.94. The lowest BCUT2D eigenvalue weighted by Crippen LogP contribution is -2.40. The maximum absolute atomic E-state index is 12.7. The van der Waals surface area contributed by atoms with Crippen molar-refractivity contribution in [1.82, 2.24) is 4.90 Å². The molecule has 114 valence electrons. The molecule has 0 unspecified atom stereocenters. The standard InChI is InChI=1S/C18H20N2O2/c1-2-3-11-20-17(21)14-6-4-5-13-12(9-10-19)7-8-15(16(13)14)18(20)22/h4-8H,2-3,9-11,19H2,1H3. The Hall–Kier alpha value is -2.20. The van der Waals surface area contributed by atoms with Crippen LogP contribution in [0.1, 0.15) is 46.0 Å². The number of carbonyl (C=O) groups excluding carboxylic acids is 2. The second-order valence-electron chi connectivity index (χ2n) is 5.65. The van der Waals surface area contributed by atoms with Crippen molar-refractivity contribution in [3.8, 4) is 0 Å². The monoisotopic (exact) mass is 296 g/mol. The van der Waals surface area contributed by atoms with Gasteiger partial charge in [0.2, 0.25) is 0 Å². The molecule has 0 atom stereocenters. The molecule has 0 aliphatic carbocycles. The van der Waals surface area contributed by atoms with Crippen molar-refractivity contribution >= 4 is 22.6 Å². The lowest BCUT2D eigenvalue weighted by Gasteiger charge is -2.27. The zero-order valence-electron chi connectivity index (χ0n) is 12.8. The maximum Gasteiger partial charge on any atom is 0.261 e. The molecule has 2 aromatic rings. The molecule has 4 heteroatoms. The van der Waals surface area contributed by atoms with E-state index in [9.17, 15) is 9.59 Å². The normalized spacial score (nSPS) is 14.0. The van der Waals surface area contributed by atoms with E-state index in [1.54, 1.807) is 0 Å². The quantitative estimate of drug-likeness (QED) is 0.863. The molecule has 1 heterocycles. The molecule has 0 bridgehead atoms. The van der Waals surface area contributed by atoms with Gasteiger partial charge in [0.1, 0.15) is 0 Å². The third-order valence-electron chi connectivity index (χ3n) is 4.23. The molecule has 0 saturated carbocycles. The molecule has 1 aliphatic rings. The van der Waals surface area contributed by atoms with Crippen LogP contribution in [-0.4, -0.2) is 29.8 Å². The molecular weight excluding hydrogens is 276 g/mol. The van der Waals surface area contributed by atoms with Crippen LogP contribution in [0, 0.1) is 0 Å². The number of hydrogen-bond donors (Lipinski definition) is 1. The third kappa shape index (κ3) is 2.20. The number of amides is 2. The van der Waals surface area contributed by atoms with E-state index >= 15 is 0 Å². The average Bonchev–Trinajstić information content (AvgIpc) is 2.53. The molecule has 2 amide bonds. The number of hydrogen-bond acceptors (Lipinski definition) is 3. The molecular formula is C18H20N2O2. The van der Waals surface area contributed by atoms with Gasteiger partial charge in [-0.3, -0.25) is 14.5 Å². The molecule has 0 spiro atoms. The van der Waals surface area contributed by atoms with Gasteiger partial charge >= 0.3 is 0 Å². The van der Waals surface area contributed by atoms with Crippen LogP contribution in [0.25, 0.3) is 10.8 Å². The average molecular weight is 296 g/mol. The van der Waals surface area contributed by atoms with Gasteiger partial charge in [0.05, 0.1) is 0 Å². The second-order valence-corrected chi connectivity index (χ2v) is 5.65. The number of imide groups is 1. The van der Waals surface area contributed by atoms with Crippen molar-refractivity contribution in [2.75, 3.05) is 13.1 Å². The highest BCUT2D eigenvalue weighted by molar-refractivity contribution is 6.25. The first-order valence-corrected chi connectivity index (χ1v) is 7.80. The van der Waals surface area contributed by atoms with E-state index in [4.69, 9.17) is 5.73 Å². The Morgan fingerprint density at radius 3 is 2.45 bits per heavy atom. The Labute approximate surface area is 129 Å². The predicted molar refractivity (Wildman–Crippen MR) is 87.0 cm³/mol. The van der Waals surface area contributed by atoms with Crippen LogP contribution >= 0.6 is 0 Å². The number of nitrogens with two attached hydrogens (primary N) is 1. The van der Waals surface area contributed by atoms with Crippen molar-refractivity contribution in [3.63, 3.8) is 0 Å². The van der Waals surface area contributed by atoms with Gasteiger partial charge in [-0.05, 0) is 42.5 Å². The summed E-state index contributed by atoms with van der Waals surface area (Å²) < 4.78 is 0. The van der Waals surface area contributed by atoms with E-state index < -0.39 is 0 Å². The number of benzene rings is 2. The molecule has 0 saturated heterocycles. The number of rotatable bonds is 5. The Morgan fingerprint density at radius 2 is 1.77 bits per heavy atom. The van der Waals surface area contributed by atoms with Crippen LogP contribution in [-0.2, 0) is 6.42 Å². The molecule has 2 N–H and O–H groups in total. The number of carbonyl (C=O) groups is 2. The zero-order valence-corrected chi connectivity index (χ0v) is 12.8. The summed E-state index contributed by atoms with van der Waals surface area (Å²) in [7, 11) is 0. The van der Waals surface area contributed by atoms with Gasteiger partial charge in [0.25, 0.3) is 11.8 Å². The summed E-state index contributed by atoms with van der Waals surface area (Å²) in [6, 6.07) is 9.46. The van der Waals surface area contributed by atoms with E-state index in [2.05, 4.69) is 0 Å². The number of unbranched alkanes of at least 4 members (excludes halogenated alkanes) is 1. The topological polar surface area (TPSA) is 63.4 Å². The van der Waals surface area contributed by atoms with E-state index in [-0.39, 0.29) is 11.8 Å². The van der Waals surface area contributed by atoms with Crippen LogP contribution in [0.2, 0.25) is 0 Å². The van der Waals surface area contributed by atoms with Crippen molar-refractivity contribution in [2.45, 2.75) is 26.2 Å². The van der Waals surface area contributed by atoms with Gasteiger partial charge in [0, 0.05) is 23.1 Å². The minimum Gasteiger partial charge on any atom is -0.330 e. The zero-order chi connectivity index (χ0) is 15.7. The van der Waals surface area contributed by atoms with E-state index in [0.717, 1.165) is 35.6 Å². The van der Waals surface area contributed by atoms with E-state index in [0.29, 0.717) is 24.2 Å². The molecule has 0 fully saturated rings. The lowest BCUT2D eigenvalue weighted by atomic mass is 9.90. The molecule has 3 rings (SSSR count). The maximum atomic E-state index is 12.7. The third-order valence-corrected chi connectivity index (χ3v) is 4.23. The smallest absolute Gasteiger partial charge is 0.261 e. The van der Waals surface area contributed by atoms with Crippen LogP contribution in [0.15, 0.2) is 30.3 Å². The molecule has 0 aromatic heterocycles. The van der Waals surface area contributed by atoms with E-state index in [1.807, 2.05) is 37.3 Å². The summed E-state index contributed by atoms with van der Waals surface area (Å²) in [4.78, 5) is 26.7. The largest absolute Gasteiger partial charge is 0.330 e. The first-order chi connectivity index (χ1) is 10.7. The van der Waals surface area contributed by atoms with Gasteiger partial charge < -0.3 is 5.73 Å². The summed E-state index contributed by atoms with van der Waals surface area (Å²) >= 11 is 0.